The number of thiophene rings is 1. The molecule has 2 rings (SSSR count). The Morgan fingerprint density at radius 1 is 1.43 bits per heavy atom. The van der Waals surface area contributed by atoms with Crippen molar-refractivity contribution >= 4 is 11.3 Å². The van der Waals surface area contributed by atoms with Crippen molar-refractivity contribution in [3.8, 4) is 5.75 Å². The van der Waals surface area contributed by atoms with Gasteiger partial charge in [0.05, 0.1) is 24.9 Å². The van der Waals surface area contributed by atoms with Gasteiger partial charge in [0.2, 0.25) is 0 Å². The van der Waals surface area contributed by atoms with E-state index in [1.807, 2.05) is 11.4 Å². The summed E-state index contributed by atoms with van der Waals surface area (Å²) in [6.45, 7) is 4.38. The molecule has 2 aromatic rings. The van der Waals surface area contributed by atoms with E-state index in [1.54, 1.807) is 18.4 Å². The van der Waals surface area contributed by atoms with Gasteiger partial charge >= 0.3 is 0 Å². The minimum Gasteiger partial charge on any atom is -0.496 e. The zero-order chi connectivity index (χ0) is 15.2. The van der Waals surface area contributed by atoms with Crippen molar-refractivity contribution in [2.45, 2.75) is 45.2 Å². The van der Waals surface area contributed by atoms with Crippen LogP contribution in [0.5, 0.6) is 5.75 Å². The molecular formula is C15H24N4OS. The van der Waals surface area contributed by atoms with E-state index in [9.17, 15) is 0 Å². The lowest BCUT2D eigenvalue weighted by molar-refractivity contribution is 0.415. The summed E-state index contributed by atoms with van der Waals surface area (Å²) in [5.41, 5.74) is 3.93. The minimum absolute atomic E-state index is 0.0592. The molecule has 0 aliphatic rings. The Balaban J connectivity index is 2.08. The summed E-state index contributed by atoms with van der Waals surface area (Å²) < 4.78 is 7.29. The van der Waals surface area contributed by atoms with Gasteiger partial charge in [0.25, 0.3) is 0 Å². The molecule has 0 radical (unpaired) electrons. The SMILES string of the molecule is CCC(CC)n1ccc(CC(NN)c2cc(OC)cs2)n1. The maximum absolute atomic E-state index is 5.70. The molecule has 0 spiro atoms. The number of hydrogen-bond donors (Lipinski definition) is 2. The summed E-state index contributed by atoms with van der Waals surface area (Å²) in [7, 11) is 1.67. The predicted octanol–water partition coefficient (Wildman–Crippen LogP) is 3.06. The Hall–Kier alpha value is -1.37. The number of methoxy groups -OCH3 is 1. The molecule has 0 aromatic carbocycles. The number of aromatic nitrogens is 2. The molecule has 0 amide bonds. The largest absolute Gasteiger partial charge is 0.496 e. The Morgan fingerprint density at radius 3 is 2.76 bits per heavy atom. The fraction of sp³-hybridized carbons (Fsp3) is 0.533. The van der Waals surface area contributed by atoms with Crippen molar-refractivity contribution in [2.75, 3.05) is 7.11 Å². The van der Waals surface area contributed by atoms with E-state index in [0.29, 0.717) is 6.04 Å². The van der Waals surface area contributed by atoms with Crippen molar-refractivity contribution < 1.29 is 4.74 Å². The maximum atomic E-state index is 5.70. The summed E-state index contributed by atoms with van der Waals surface area (Å²) in [6, 6.07) is 4.63. The van der Waals surface area contributed by atoms with E-state index in [4.69, 9.17) is 10.6 Å². The standard InChI is InChI=1S/C15H24N4OS/c1-4-12(5-2)19-7-6-11(18-19)8-14(17-16)15-9-13(20-3)10-21-15/h6-7,9-10,12,14,17H,4-5,8,16H2,1-3H3. The van der Waals surface area contributed by atoms with Gasteiger partial charge in [-0.15, -0.1) is 11.3 Å². The first-order chi connectivity index (χ1) is 10.2. The quantitative estimate of drug-likeness (QED) is 0.581. The maximum Gasteiger partial charge on any atom is 0.129 e. The van der Waals surface area contributed by atoms with Gasteiger partial charge in [-0.05, 0) is 25.0 Å². The molecule has 0 aliphatic carbocycles. The van der Waals surface area contributed by atoms with E-state index in [-0.39, 0.29) is 6.04 Å². The predicted molar refractivity (Wildman–Crippen MR) is 86.5 cm³/mol. The molecule has 1 unspecified atom stereocenters. The van der Waals surface area contributed by atoms with Crippen molar-refractivity contribution in [3.05, 3.63) is 34.3 Å². The van der Waals surface area contributed by atoms with Crippen LogP contribution in [0.15, 0.2) is 23.7 Å². The molecule has 3 N–H and O–H groups in total. The second-order valence-corrected chi connectivity index (χ2v) is 6.01. The van der Waals surface area contributed by atoms with Gasteiger partial charge in [-0.3, -0.25) is 16.0 Å². The zero-order valence-corrected chi connectivity index (χ0v) is 13.7. The molecular weight excluding hydrogens is 284 g/mol. The summed E-state index contributed by atoms with van der Waals surface area (Å²) in [4.78, 5) is 1.16. The molecule has 116 valence electrons. The van der Waals surface area contributed by atoms with Gasteiger partial charge in [0.15, 0.2) is 0 Å². The van der Waals surface area contributed by atoms with Crippen LogP contribution < -0.4 is 16.0 Å². The lowest BCUT2D eigenvalue weighted by Crippen LogP contribution is -2.29. The third kappa shape index (κ3) is 3.84. The summed E-state index contributed by atoms with van der Waals surface area (Å²) >= 11 is 1.65. The van der Waals surface area contributed by atoms with E-state index in [1.165, 1.54) is 0 Å². The Labute approximate surface area is 130 Å². The molecule has 0 bridgehead atoms. The molecule has 0 saturated carbocycles. The monoisotopic (exact) mass is 308 g/mol. The van der Waals surface area contributed by atoms with Crippen LogP contribution in [0.1, 0.15) is 49.3 Å². The summed E-state index contributed by atoms with van der Waals surface area (Å²) in [6.07, 6.45) is 5.03. The van der Waals surface area contributed by atoms with E-state index >= 15 is 0 Å². The Bertz CT molecular complexity index is 547. The molecule has 6 heteroatoms. The summed E-state index contributed by atoms with van der Waals surface area (Å²) in [5.74, 6) is 6.58. The third-order valence-electron chi connectivity index (χ3n) is 3.77. The molecule has 2 heterocycles. The number of hydrazine groups is 1. The number of ether oxygens (including phenoxy) is 1. The molecule has 0 aliphatic heterocycles. The van der Waals surface area contributed by atoms with Crippen LogP contribution in [0.4, 0.5) is 0 Å². The average molecular weight is 308 g/mol. The molecule has 0 saturated heterocycles. The smallest absolute Gasteiger partial charge is 0.129 e. The Kier molecular flexibility index (Phi) is 5.78. The Morgan fingerprint density at radius 2 is 2.19 bits per heavy atom. The lowest BCUT2D eigenvalue weighted by Gasteiger charge is -2.14. The topological polar surface area (TPSA) is 65.1 Å². The van der Waals surface area contributed by atoms with Crippen LogP contribution >= 0.6 is 11.3 Å². The van der Waals surface area contributed by atoms with Gasteiger partial charge < -0.3 is 4.74 Å². The van der Waals surface area contributed by atoms with Crippen molar-refractivity contribution in [1.82, 2.24) is 15.2 Å². The second-order valence-electron chi connectivity index (χ2n) is 5.07. The van der Waals surface area contributed by atoms with Gasteiger partial charge in [-0.2, -0.15) is 5.10 Å². The number of rotatable bonds is 8. The number of nitrogens with one attached hydrogen (secondary N) is 1. The number of hydrogen-bond acceptors (Lipinski definition) is 5. The fourth-order valence-corrected chi connectivity index (χ4v) is 3.34. The highest BCUT2D eigenvalue weighted by Gasteiger charge is 2.16. The molecule has 1 atom stereocenters. The van der Waals surface area contributed by atoms with E-state index in [2.05, 4.69) is 41.3 Å². The zero-order valence-electron chi connectivity index (χ0n) is 12.9. The van der Waals surface area contributed by atoms with Gasteiger partial charge in [-0.25, -0.2) is 0 Å². The first kappa shape index (κ1) is 16.0. The molecule has 2 aromatic heterocycles. The van der Waals surface area contributed by atoms with Gasteiger partial charge in [-0.1, -0.05) is 13.8 Å². The van der Waals surface area contributed by atoms with Crippen LogP contribution in [-0.4, -0.2) is 16.9 Å². The van der Waals surface area contributed by atoms with Crippen molar-refractivity contribution in [2.24, 2.45) is 5.84 Å². The van der Waals surface area contributed by atoms with E-state index < -0.39 is 0 Å². The average Bonchev–Trinajstić information content (AvgIpc) is 3.15. The van der Waals surface area contributed by atoms with Crippen molar-refractivity contribution in [3.63, 3.8) is 0 Å². The van der Waals surface area contributed by atoms with E-state index in [0.717, 1.165) is 35.6 Å². The second kappa shape index (κ2) is 7.59. The normalized spacial score (nSPS) is 12.8. The fourth-order valence-electron chi connectivity index (χ4n) is 2.43. The molecule has 5 nitrogen and oxygen atoms in total. The van der Waals surface area contributed by atoms with Crippen LogP contribution in [0.25, 0.3) is 0 Å². The van der Waals surface area contributed by atoms with Crippen LogP contribution in [0.2, 0.25) is 0 Å². The molecule has 21 heavy (non-hydrogen) atoms. The minimum atomic E-state index is 0.0592. The third-order valence-corrected chi connectivity index (χ3v) is 4.79. The first-order valence-electron chi connectivity index (χ1n) is 7.34. The van der Waals surface area contributed by atoms with Crippen LogP contribution in [0, 0.1) is 0 Å². The molecule has 0 fully saturated rings. The van der Waals surface area contributed by atoms with Gasteiger partial charge in [0.1, 0.15) is 5.75 Å². The lowest BCUT2D eigenvalue weighted by atomic mass is 10.1. The van der Waals surface area contributed by atoms with Crippen LogP contribution in [-0.2, 0) is 6.42 Å². The van der Waals surface area contributed by atoms with Gasteiger partial charge in [0, 0.05) is 22.9 Å². The number of nitrogens with zero attached hydrogens (tertiary/aromatic N) is 2. The van der Waals surface area contributed by atoms with Crippen LogP contribution in [0.3, 0.4) is 0 Å². The first-order valence-corrected chi connectivity index (χ1v) is 8.22. The highest BCUT2D eigenvalue weighted by molar-refractivity contribution is 7.10. The highest BCUT2D eigenvalue weighted by Crippen LogP contribution is 2.28. The van der Waals surface area contributed by atoms with Crippen molar-refractivity contribution in [1.29, 1.82) is 0 Å². The highest BCUT2D eigenvalue weighted by atomic mass is 32.1. The number of nitrogens with two attached hydrogens (primary N) is 1. The summed E-state index contributed by atoms with van der Waals surface area (Å²) in [5, 5.41) is 6.68.